The lowest BCUT2D eigenvalue weighted by molar-refractivity contribution is -0.124. The Labute approximate surface area is 162 Å². The molecule has 0 aliphatic carbocycles. The summed E-state index contributed by atoms with van der Waals surface area (Å²) in [5, 5.41) is 3.06. The van der Waals surface area contributed by atoms with Crippen LogP contribution in [0.3, 0.4) is 0 Å². The van der Waals surface area contributed by atoms with E-state index in [0.29, 0.717) is 5.92 Å². The zero-order chi connectivity index (χ0) is 16.1. The fourth-order valence-corrected chi connectivity index (χ4v) is 3.52. The van der Waals surface area contributed by atoms with Crippen LogP contribution >= 0.6 is 24.8 Å². The molecule has 2 aliphatic heterocycles. The zero-order valence-electron chi connectivity index (χ0n) is 14.4. The van der Waals surface area contributed by atoms with E-state index in [4.69, 9.17) is 10.5 Å². The van der Waals surface area contributed by atoms with Crippen LogP contribution in [-0.2, 0) is 9.53 Å². The van der Waals surface area contributed by atoms with Gasteiger partial charge in [0.2, 0.25) is 5.91 Å². The number of nitrogens with zero attached hydrogens (tertiary/aromatic N) is 1. The van der Waals surface area contributed by atoms with Gasteiger partial charge in [-0.15, -0.1) is 24.8 Å². The van der Waals surface area contributed by atoms with Crippen LogP contribution < -0.4 is 16.0 Å². The number of nitrogens with two attached hydrogens (primary N) is 1. The Bertz CT molecular complexity index is 512. The first-order valence-corrected chi connectivity index (χ1v) is 8.65. The van der Waals surface area contributed by atoms with Gasteiger partial charge in [0, 0.05) is 38.5 Å². The molecule has 3 N–H and O–H groups in total. The summed E-state index contributed by atoms with van der Waals surface area (Å²) in [4.78, 5) is 14.6. The summed E-state index contributed by atoms with van der Waals surface area (Å²) in [6, 6.07) is 10.1. The van der Waals surface area contributed by atoms with Crippen LogP contribution in [0.15, 0.2) is 30.3 Å². The maximum absolute atomic E-state index is 12.3. The summed E-state index contributed by atoms with van der Waals surface area (Å²) >= 11 is 0. The summed E-state index contributed by atoms with van der Waals surface area (Å²) in [5.74, 6) is 0.754. The van der Waals surface area contributed by atoms with E-state index >= 15 is 0 Å². The van der Waals surface area contributed by atoms with Gasteiger partial charge >= 0.3 is 0 Å². The molecule has 2 aliphatic rings. The van der Waals surface area contributed by atoms with Crippen LogP contribution in [0.4, 0.5) is 5.69 Å². The van der Waals surface area contributed by atoms with Crippen LogP contribution in [0.2, 0.25) is 0 Å². The normalized spacial score (nSPS) is 21.8. The Morgan fingerprint density at radius 2 is 1.88 bits per heavy atom. The average molecular weight is 390 g/mol. The fraction of sp³-hybridized carbons (Fsp3) is 0.611. The Hall–Kier alpha value is -1.01. The topological polar surface area (TPSA) is 67.6 Å². The minimum absolute atomic E-state index is 0. The highest BCUT2D eigenvalue weighted by Gasteiger charge is 2.28. The molecule has 0 saturated carbocycles. The largest absolute Gasteiger partial charge is 0.381 e. The lowest BCUT2D eigenvalue weighted by atomic mass is 9.92. The summed E-state index contributed by atoms with van der Waals surface area (Å²) in [7, 11) is 0. The number of hydrogen-bond acceptors (Lipinski definition) is 4. The van der Waals surface area contributed by atoms with Crippen molar-refractivity contribution < 1.29 is 9.53 Å². The number of amides is 1. The van der Waals surface area contributed by atoms with E-state index in [9.17, 15) is 4.79 Å². The average Bonchev–Trinajstić information content (AvgIpc) is 3.09. The summed E-state index contributed by atoms with van der Waals surface area (Å²) in [5.41, 5.74) is 7.38. The smallest absolute Gasteiger partial charge is 0.237 e. The summed E-state index contributed by atoms with van der Waals surface area (Å²) in [6.45, 7) is 4.22. The van der Waals surface area contributed by atoms with Crippen LogP contribution in [0.25, 0.3) is 0 Å². The molecule has 2 atom stereocenters. The molecule has 0 bridgehead atoms. The Morgan fingerprint density at radius 1 is 1.20 bits per heavy atom. The maximum atomic E-state index is 12.3. The third kappa shape index (κ3) is 6.03. The van der Waals surface area contributed by atoms with Gasteiger partial charge in [-0.25, -0.2) is 0 Å². The quantitative estimate of drug-likeness (QED) is 0.809. The van der Waals surface area contributed by atoms with Crippen molar-refractivity contribution in [2.45, 2.75) is 25.3 Å². The van der Waals surface area contributed by atoms with Crippen LogP contribution in [-0.4, -0.2) is 44.8 Å². The Morgan fingerprint density at radius 3 is 2.56 bits per heavy atom. The molecule has 0 aromatic heterocycles. The van der Waals surface area contributed by atoms with E-state index < -0.39 is 6.04 Å². The molecule has 7 heteroatoms. The number of nitrogens with one attached hydrogen (secondary N) is 1. The van der Waals surface area contributed by atoms with Crippen LogP contribution in [0.5, 0.6) is 0 Å². The highest BCUT2D eigenvalue weighted by Crippen LogP contribution is 2.23. The van der Waals surface area contributed by atoms with Crippen LogP contribution in [0, 0.1) is 11.8 Å². The van der Waals surface area contributed by atoms with Crippen molar-refractivity contribution in [3.63, 3.8) is 0 Å². The van der Waals surface area contributed by atoms with Gasteiger partial charge in [0.25, 0.3) is 0 Å². The first kappa shape index (κ1) is 22.0. The molecular formula is C18H29Cl2N3O2. The van der Waals surface area contributed by atoms with E-state index in [0.717, 1.165) is 52.1 Å². The predicted octanol–water partition coefficient (Wildman–Crippen LogP) is 2.23. The lowest BCUT2D eigenvalue weighted by Gasteiger charge is -2.27. The molecule has 0 radical (unpaired) electrons. The second-order valence-corrected chi connectivity index (χ2v) is 6.66. The number of para-hydroxylation sites is 1. The maximum Gasteiger partial charge on any atom is 0.237 e. The van der Waals surface area contributed by atoms with Gasteiger partial charge in [0.1, 0.15) is 0 Å². The number of halogens is 2. The molecule has 2 heterocycles. The number of rotatable bonds is 5. The fourth-order valence-electron chi connectivity index (χ4n) is 3.52. The van der Waals surface area contributed by atoms with Gasteiger partial charge in [-0.05, 0) is 43.2 Å². The second kappa shape index (κ2) is 10.9. The van der Waals surface area contributed by atoms with E-state index in [2.05, 4.69) is 34.5 Å². The second-order valence-electron chi connectivity index (χ2n) is 6.66. The van der Waals surface area contributed by atoms with Gasteiger partial charge in [-0.2, -0.15) is 0 Å². The Balaban J connectivity index is 0.00000156. The number of hydrogen-bond donors (Lipinski definition) is 2. The molecule has 1 amide bonds. The molecule has 1 aromatic carbocycles. The van der Waals surface area contributed by atoms with Crippen molar-refractivity contribution in [2.75, 3.05) is 37.7 Å². The van der Waals surface area contributed by atoms with Gasteiger partial charge in [0.15, 0.2) is 0 Å². The molecule has 25 heavy (non-hydrogen) atoms. The summed E-state index contributed by atoms with van der Waals surface area (Å²) in [6.07, 6.45) is 2.89. The highest BCUT2D eigenvalue weighted by molar-refractivity contribution is 5.85. The molecule has 2 fully saturated rings. The number of carbonyl (C=O) groups is 1. The third-order valence-electron chi connectivity index (χ3n) is 5.05. The van der Waals surface area contributed by atoms with Crippen LogP contribution in [0.1, 0.15) is 19.3 Å². The van der Waals surface area contributed by atoms with E-state index in [-0.39, 0.29) is 36.6 Å². The predicted molar refractivity (Wildman–Crippen MR) is 106 cm³/mol. The van der Waals surface area contributed by atoms with Gasteiger partial charge in [-0.3, -0.25) is 4.79 Å². The van der Waals surface area contributed by atoms with Crippen molar-refractivity contribution in [3.05, 3.63) is 30.3 Å². The van der Waals surface area contributed by atoms with Crippen molar-refractivity contribution in [2.24, 2.45) is 17.6 Å². The lowest BCUT2D eigenvalue weighted by Crippen LogP contribution is -2.48. The first-order chi connectivity index (χ1) is 11.2. The van der Waals surface area contributed by atoms with Gasteiger partial charge in [0.05, 0.1) is 6.04 Å². The van der Waals surface area contributed by atoms with Crippen molar-refractivity contribution in [1.29, 1.82) is 0 Å². The number of benzene rings is 1. The summed E-state index contributed by atoms with van der Waals surface area (Å²) < 4.78 is 5.33. The standard InChI is InChI=1S/C18H27N3O2.2ClH/c19-17(15-7-10-23-11-8-15)18(22)20-12-14-6-9-21(13-14)16-4-2-1-3-5-16;;/h1-5,14-15,17H,6-13,19H2,(H,20,22);2*1H. The SMILES string of the molecule is Cl.Cl.NC(C(=O)NCC1CCN(c2ccccc2)C1)C1CCOCC1. The molecule has 2 saturated heterocycles. The van der Waals surface area contributed by atoms with Gasteiger partial charge in [-0.1, -0.05) is 18.2 Å². The Kier molecular flexibility index (Phi) is 9.57. The molecular weight excluding hydrogens is 361 g/mol. The molecule has 3 rings (SSSR count). The minimum atomic E-state index is -0.398. The van der Waals surface area contributed by atoms with E-state index in [1.807, 2.05) is 6.07 Å². The van der Waals surface area contributed by atoms with Crippen molar-refractivity contribution >= 4 is 36.4 Å². The number of ether oxygens (including phenoxy) is 1. The molecule has 0 spiro atoms. The van der Waals surface area contributed by atoms with E-state index in [1.165, 1.54) is 5.69 Å². The monoisotopic (exact) mass is 389 g/mol. The number of anilines is 1. The minimum Gasteiger partial charge on any atom is -0.381 e. The van der Waals surface area contributed by atoms with E-state index in [1.54, 1.807) is 0 Å². The van der Waals surface area contributed by atoms with Gasteiger partial charge < -0.3 is 20.7 Å². The molecule has 5 nitrogen and oxygen atoms in total. The molecule has 2 unspecified atom stereocenters. The van der Waals surface area contributed by atoms with Crippen molar-refractivity contribution in [3.8, 4) is 0 Å². The molecule has 142 valence electrons. The third-order valence-corrected chi connectivity index (χ3v) is 5.05. The highest BCUT2D eigenvalue weighted by atomic mass is 35.5. The first-order valence-electron chi connectivity index (χ1n) is 8.65. The molecule has 1 aromatic rings. The van der Waals surface area contributed by atoms with Crippen molar-refractivity contribution in [1.82, 2.24) is 5.32 Å². The number of carbonyl (C=O) groups excluding carboxylic acids is 1. The zero-order valence-corrected chi connectivity index (χ0v) is 16.1.